The maximum atomic E-state index is 4.23. The van der Waals surface area contributed by atoms with Gasteiger partial charge in [-0.25, -0.2) is 0 Å². The van der Waals surface area contributed by atoms with Crippen molar-refractivity contribution in [3.8, 4) is 0 Å². The van der Waals surface area contributed by atoms with Crippen molar-refractivity contribution in [2.75, 3.05) is 25.1 Å². The van der Waals surface area contributed by atoms with Crippen LogP contribution < -0.4 is 0 Å². The number of piperidine rings is 1. The number of thioether (sulfide) groups is 2. The largest absolute Gasteiger partial charge is 0.303 e. The number of hydrogen-bond acceptors (Lipinski definition) is 6. The lowest BCUT2D eigenvalue weighted by molar-refractivity contribution is 0.182. The molecule has 0 bridgehead atoms. The van der Waals surface area contributed by atoms with E-state index < -0.39 is 0 Å². The van der Waals surface area contributed by atoms with E-state index in [1.807, 2.05) is 11.8 Å². The predicted molar refractivity (Wildman–Crippen MR) is 81.9 cm³/mol. The summed E-state index contributed by atoms with van der Waals surface area (Å²) in [7, 11) is 2.26. The fourth-order valence-corrected chi connectivity index (χ4v) is 5.26. The fourth-order valence-electron chi connectivity index (χ4n) is 2.23. The molecular weight excluding hydrogens is 282 g/mol. The van der Waals surface area contributed by atoms with Crippen molar-refractivity contribution in [1.82, 2.24) is 15.1 Å². The van der Waals surface area contributed by atoms with E-state index in [2.05, 4.69) is 29.1 Å². The predicted octanol–water partition coefficient (Wildman–Crippen LogP) is 3.62. The smallest absolute Gasteiger partial charge is 0.175 e. The molecule has 102 valence electrons. The third-order valence-electron chi connectivity index (χ3n) is 3.25. The first-order valence-electron chi connectivity index (χ1n) is 6.59. The van der Waals surface area contributed by atoms with Crippen LogP contribution in [0.1, 0.15) is 32.6 Å². The number of hydrogen-bond donors (Lipinski definition) is 0. The topological polar surface area (TPSA) is 29.0 Å². The van der Waals surface area contributed by atoms with Gasteiger partial charge in [-0.15, -0.1) is 10.2 Å². The first-order valence-corrected chi connectivity index (χ1v) is 9.37. The summed E-state index contributed by atoms with van der Waals surface area (Å²) in [4.78, 5) is 2.52. The molecule has 2 rings (SSSR count). The van der Waals surface area contributed by atoms with E-state index in [4.69, 9.17) is 0 Å². The Bertz CT molecular complexity index is 356. The molecule has 1 aliphatic heterocycles. The van der Waals surface area contributed by atoms with Gasteiger partial charge in [0.2, 0.25) is 0 Å². The summed E-state index contributed by atoms with van der Waals surface area (Å²) in [5, 5.41) is 8.42. The van der Waals surface area contributed by atoms with Crippen LogP contribution in [-0.2, 0) is 0 Å². The summed E-state index contributed by atoms with van der Waals surface area (Å²) in [5.41, 5.74) is 0. The zero-order chi connectivity index (χ0) is 12.8. The highest BCUT2D eigenvalue weighted by Crippen LogP contribution is 2.30. The Hall–Kier alpha value is 0.220. The second-order valence-corrected chi connectivity index (χ2v) is 8.36. The highest BCUT2D eigenvalue weighted by molar-refractivity contribution is 8.03. The quantitative estimate of drug-likeness (QED) is 0.749. The van der Waals surface area contributed by atoms with Gasteiger partial charge in [0.25, 0.3) is 0 Å². The molecular formula is C12H21N3S3. The average molecular weight is 304 g/mol. The van der Waals surface area contributed by atoms with Crippen LogP contribution in [0.2, 0.25) is 0 Å². The second kappa shape index (κ2) is 7.72. The molecule has 0 saturated carbocycles. The lowest BCUT2D eigenvalue weighted by atomic mass is 10.0. The molecule has 0 radical (unpaired) electrons. The standard InChI is InChI=1S/C12H21N3S3/c1-3-16-11-13-14-12(18-11)17-9-7-10-6-4-5-8-15(10)2/h10H,3-9H2,1-2H3/t10-/m1/s1. The van der Waals surface area contributed by atoms with Crippen LogP contribution in [0.3, 0.4) is 0 Å². The van der Waals surface area contributed by atoms with E-state index in [0.29, 0.717) is 0 Å². The Morgan fingerprint density at radius 2 is 2.06 bits per heavy atom. The van der Waals surface area contributed by atoms with Crippen molar-refractivity contribution >= 4 is 34.9 Å². The molecule has 0 amide bonds. The van der Waals surface area contributed by atoms with E-state index in [1.165, 1.54) is 38.0 Å². The summed E-state index contributed by atoms with van der Waals surface area (Å²) in [5.74, 6) is 2.24. The summed E-state index contributed by atoms with van der Waals surface area (Å²) in [6, 6.07) is 0.781. The van der Waals surface area contributed by atoms with Crippen molar-refractivity contribution in [2.45, 2.75) is 47.3 Å². The number of likely N-dealkylation sites (tertiary alicyclic amines) is 1. The highest BCUT2D eigenvalue weighted by Gasteiger charge is 2.18. The Kier molecular flexibility index (Phi) is 6.28. The minimum absolute atomic E-state index is 0.781. The second-order valence-electron chi connectivity index (χ2n) is 4.53. The van der Waals surface area contributed by atoms with Gasteiger partial charge in [0, 0.05) is 11.8 Å². The van der Waals surface area contributed by atoms with Crippen molar-refractivity contribution in [1.29, 1.82) is 0 Å². The summed E-state index contributed by atoms with van der Waals surface area (Å²) in [6.45, 7) is 3.42. The van der Waals surface area contributed by atoms with Crippen LogP contribution >= 0.6 is 34.9 Å². The van der Waals surface area contributed by atoms with E-state index in [1.54, 1.807) is 23.1 Å². The molecule has 1 aromatic rings. The molecule has 18 heavy (non-hydrogen) atoms. The maximum Gasteiger partial charge on any atom is 0.175 e. The molecule has 0 aliphatic carbocycles. The van der Waals surface area contributed by atoms with Gasteiger partial charge in [-0.05, 0) is 38.6 Å². The first kappa shape index (κ1) is 14.6. The Labute approximate surface area is 122 Å². The van der Waals surface area contributed by atoms with E-state index in [9.17, 15) is 0 Å². The molecule has 0 N–H and O–H groups in total. The van der Waals surface area contributed by atoms with Gasteiger partial charge < -0.3 is 4.90 Å². The molecule has 3 nitrogen and oxygen atoms in total. The van der Waals surface area contributed by atoms with Crippen LogP contribution in [-0.4, -0.2) is 46.2 Å². The molecule has 0 aromatic carbocycles. The third-order valence-corrected chi connectivity index (χ3v) is 6.36. The summed E-state index contributed by atoms with van der Waals surface area (Å²) < 4.78 is 2.24. The molecule has 1 saturated heterocycles. The molecule has 1 atom stereocenters. The monoisotopic (exact) mass is 303 g/mol. The molecule has 0 unspecified atom stereocenters. The molecule has 1 aromatic heterocycles. The van der Waals surface area contributed by atoms with E-state index >= 15 is 0 Å². The van der Waals surface area contributed by atoms with Gasteiger partial charge in [0.1, 0.15) is 0 Å². The van der Waals surface area contributed by atoms with Crippen molar-refractivity contribution in [3.05, 3.63) is 0 Å². The van der Waals surface area contributed by atoms with Crippen molar-refractivity contribution in [2.24, 2.45) is 0 Å². The first-order chi connectivity index (χ1) is 8.79. The SMILES string of the molecule is CCSc1nnc(SCC[C@H]2CCCCN2C)s1. The number of nitrogens with zero attached hydrogens (tertiary/aromatic N) is 3. The van der Waals surface area contributed by atoms with Crippen LogP contribution in [0, 0.1) is 0 Å². The van der Waals surface area contributed by atoms with Gasteiger partial charge >= 0.3 is 0 Å². The van der Waals surface area contributed by atoms with E-state index in [-0.39, 0.29) is 0 Å². The van der Waals surface area contributed by atoms with Crippen LogP contribution in [0.4, 0.5) is 0 Å². The normalized spacial score (nSPS) is 21.3. The lowest BCUT2D eigenvalue weighted by Crippen LogP contribution is -2.36. The van der Waals surface area contributed by atoms with E-state index in [0.717, 1.165) is 20.5 Å². The Morgan fingerprint density at radius 3 is 2.78 bits per heavy atom. The van der Waals surface area contributed by atoms with Gasteiger partial charge in [-0.2, -0.15) is 0 Å². The summed E-state index contributed by atoms with van der Waals surface area (Å²) in [6.07, 6.45) is 5.41. The van der Waals surface area contributed by atoms with Crippen LogP contribution in [0.5, 0.6) is 0 Å². The number of rotatable bonds is 6. The Balaban J connectivity index is 1.70. The zero-order valence-corrected chi connectivity index (χ0v) is 13.5. The third kappa shape index (κ3) is 4.40. The van der Waals surface area contributed by atoms with Crippen molar-refractivity contribution < 1.29 is 0 Å². The summed E-state index contributed by atoms with van der Waals surface area (Å²) >= 11 is 5.38. The van der Waals surface area contributed by atoms with Gasteiger partial charge in [0.15, 0.2) is 8.68 Å². The average Bonchev–Trinajstić information content (AvgIpc) is 2.80. The molecule has 0 spiro atoms. The minimum Gasteiger partial charge on any atom is -0.303 e. The maximum absolute atomic E-state index is 4.23. The van der Waals surface area contributed by atoms with Gasteiger partial charge in [0.05, 0.1) is 0 Å². The molecule has 2 heterocycles. The molecule has 1 aliphatic rings. The fraction of sp³-hybridized carbons (Fsp3) is 0.833. The Morgan fingerprint density at radius 1 is 1.28 bits per heavy atom. The van der Waals surface area contributed by atoms with Gasteiger partial charge in [-0.3, -0.25) is 0 Å². The van der Waals surface area contributed by atoms with Crippen molar-refractivity contribution in [3.63, 3.8) is 0 Å². The zero-order valence-electron chi connectivity index (χ0n) is 11.1. The van der Waals surface area contributed by atoms with Gasteiger partial charge in [-0.1, -0.05) is 48.2 Å². The molecule has 1 fully saturated rings. The molecule has 6 heteroatoms. The number of aromatic nitrogens is 2. The lowest BCUT2D eigenvalue weighted by Gasteiger charge is -2.32. The van der Waals surface area contributed by atoms with Crippen LogP contribution in [0.25, 0.3) is 0 Å². The minimum atomic E-state index is 0.781. The van der Waals surface area contributed by atoms with Crippen LogP contribution in [0.15, 0.2) is 8.68 Å². The highest BCUT2D eigenvalue weighted by atomic mass is 32.2.